The fraction of sp³-hybridized carbons (Fsp3) is 0. The summed E-state index contributed by atoms with van der Waals surface area (Å²) in [5.74, 6) is 0.471. The van der Waals surface area contributed by atoms with Crippen molar-refractivity contribution in [1.29, 1.82) is 0 Å². The SMILES string of the molecule is Nc1cc(Nc2cc3cc[nH]c3cc2Cl)ccn1. The molecule has 0 spiro atoms. The molecule has 0 saturated heterocycles. The Hall–Kier alpha value is -2.20. The van der Waals surface area contributed by atoms with E-state index in [-0.39, 0.29) is 0 Å². The van der Waals surface area contributed by atoms with Crippen molar-refractivity contribution in [3.05, 3.63) is 47.7 Å². The number of fused-ring (bicyclic) bond motifs is 1. The fourth-order valence-corrected chi connectivity index (χ4v) is 2.06. The molecule has 0 aliphatic heterocycles. The molecule has 2 aromatic heterocycles. The van der Waals surface area contributed by atoms with Crippen molar-refractivity contribution in [2.75, 3.05) is 11.1 Å². The predicted molar refractivity (Wildman–Crippen MR) is 75.2 cm³/mol. The molecule has 90 valence electrons. The zero-order chi connectivity index (χ0) is 12.5. The van der Waals surface area contributed by atoms with E-state index in [9.17, 15) is 0 Å². The van der Waals surface area contributed by atoms with Crippen LogP contribution < -0.4 is 11.1 Å². The van der Waals surface area contributed by atoms with Crippen LogP contribution in [-0.2, 0) is 0 Å². The van der Waals surface area contributed by atoms with Gasteiger partial charge in [0, 0.05) is 35.1 Å². The lowest BCUT2D eigenvalue weighted by Crippen LogP contribution is -1.94. The van der Waals surface area contributed by atoms with E-state index in [0.717, 1.165) is 22.3 Å². The summed E-state index contributed by atoms with van der Waals surface area (Å²) in [5, 5.41) is 4.98. The van der Waals surface area contributed by atoms with Crippen molar-refractivity contribution < 1.29 is 0 Å². The Bertz CT molecular complexity index is 705. The number of hydrogen-bond donors (Lipinski definition) is 3. The summed E-state index contributed by atoms with van der Waals surface area (Å²) >= 11 is 6.22. The summed E-state index contributed by atoms with van der Waals surface area (Å²) in [6.07, 6.45) is 3.54. The third kappa shape index (κ3) is 1.98. The van der Waals surface area contributed by atoms with Crippen LogP contribution >= 0.6 is 11.6 Å². The van der Waals surface area contributed by atoms with Crippen LogP contribution in [0.5, 0.6) is 0 Å². The van der Waals surface area contributed by atoms with E-state index in [1.165, 1.54) is 0 Å². The number of benzene rings is 1. The van der Waals surface area contributed by atoms with E-state index < -0.39 is 0 Å². The first-order valence-electron chi connectivity index (χ1n) is 5.47. The van der Waals surface area contributed by atoms with Gasteiger partial charge in [0.05, 0.1) is 10.7 Å². The van der Waals surface area contributed by atoms with Gasteiger partial charge in [0.15, 0.2) is 0 Å². The van der Waals surface area contributed by atoms with Gasteiger partial charge in [-0.1, -0.05) is 11.6 Å². The molecule has 0 aliphatic carbocycles. The standard InChI is InChI=1S/C13H11ClN4/c14-10-7-11-8(1-3-16-11)5-12(10)18-9-2-4-17-13(15)6-9/h1-7,16H,(H3,15,17,18). The Balaban J connectivity index is 2.01. The number of rotatable bonds is 2. The minimum Gasteiger partial charge on any atom is -0.384 e. The highest BCUT2D eigenvalue weighted by Gasteiger charge is 2.04. The van der Waals surface area contributed by atoms with Crippen LogP contribution in [0.25, 0.3) is 10.9 Å². The monoisotopic (exact) mass is 258 g/mol. The van der Waals surface area contributed by atoms with Crippen molar-refractivity contribution in [2.45, 2.75) is 0 Å². The number of nitrogen functional groups attached to an aromatic ring is 1. The topological polar surface area (TPSA) is 66.7 Å². The van der Waals surface area contributed by atoms with Crippen LogP contribution in [0.4, 0.5) is 17.2 Å². The second kappa shape index (κ2) is 4.23. The lowest BCUT2D eigenvalue weighted by atomic mass is 10.2. The first kappa shape index (κ1) is 10.9. The van der Waals surface area contributed by atoms with Gasteiger partial charge < -0.3 is 16.0 Å². The number of halogens is 1. The number of nitrogens with zero attached hydrogens (tertiary/aromatic N) is 1. The van der Waals surface area contributed by atoms with Gasteiger partial charge in [-0.15, -0.1) is 0 Å². The van der Waals surface area contributed by atoms with E-state index in [4.69, 9.17) is 17.3 Å². The van der Waals surface area contributed by atoms with Gasteiger partial charge in [-0.25, -0.2) is 4.98 Å². The van der Waals surface area contributed by atoms with E-state index in [1.54, 1.807) is 12.3 Å². The third-order valence-corrected chi connectivity index (χ3v) is 3.01. The average Bonchev–Trinajstić information content (AvgIpc) is 2.76. The highest BCUT2D eigenvalue weighted by Crippen LogP contribution is 2.30. The highest BCUT2D eigenvalue weighted by atomic mass is 35.5. The Labute approximate surface area is 109 Å². The average molecular weight is 259 g/mol. The van der Waals surface area contributed by atoms with Crippen LogP contribution in [0.15, 0.2) is 42.7 Å². The molecule has 0 atom stereocenters. The lowest BCUT2D eigenvalue weighted by Gasteiger charge is -2.09. The Kier molecular flexibility index (Phi) is 2.57. The lowest BCUT2D eigenvalue weighted by molar-refractivity contribution is 1.33. The van der Waals surface area contributed by atoms with Crippen LogP contribution in [0.2, 0.25) is 5.02 Å². The van der Waals surface area contributed by atoms with Gasteiger partial charge in [-0.2, -0.15) is 0 Å². The van der Waals surface area contributed by atoms with Crippen molar-refractivity contribution >= 4 is 39.7 Å². The van der Waals surface area contributed by atoms with Gasteiger partial charge in [0.2, 0.25) is 0 Å². The molecule has 0 unspecified atom stereocenters. The molecule has 3 aromatic rings. The van der Waals surface area contributed by atoms with Crippen molar-refractivity contribution in [1.82, 2.24) is 9.97 Å². The molecule has 2 heterocycles. The molecule has 3 rings (SSSR count). The number of anilines is 3. The molecule has 0 fully saturated rings. The first-order valence-corrected chi connectivity index (χ1v) is 5.85. The van der Waals surface area contributed by atoms with E-state index in [1.807, 2.05) is 30.5 Å². The number of nitrogens with one attached hydrogen (secondary N) is 2. The number of aromatic amines is 1. The van der Waals surface area contributed by atoms with Gasteiger partial charge in [-0.3, -0.25) is 0 Å². The second-order valence-electron chi connectivity index (χ2n) is 3.99. The maximum Gasteiger partial charge on any atom is 0.125 e. The van der Waals surface area contributed by atoms with Crippen molar-refractivity contribution in [3.63, 3.8) is 0 Å². The van der Waals surface area contributed by atoms with Crippen molar-refractivity contribution in [2.24, 2.45) is 0 Å². The first-order chi connectivity index (χ1) is 8.72. The minimum atomic E-state index is 0.471. The number of hydrogen-bond acceptors (Lipinski definition) is 3. The molecule has 0 bridgehead atoms. The van der Waals surface area contributed by atoms with Crippen LogP contribution in [0.1, 0.15) is 0 Å². The van der Waals surface area contributed by atoms with Gasteiger partial charge in [0.25, 0.3) is 0 Å². The number of aromatic nitrogens is 2. The Morgan fingerprint density at radius 3 is 2.94 bits per heavy atom. The van der Waals surface area contributed by atoms with E-state index >= 15 is 0 Å². The summed E-state index contributed by atoms with van der Waals surface area (Å²) in [6.45, 7) is 0. The van der Waals surface area contributed by atoms with Crippen LogP contribution in [0.3, 0.4) is 0 Å². The third-order valence-electron chi connectivity index (χ3n) is 2.70. The zero-order valence-electron chi connectivity index (χ0n) is 9.44. The molecular weight excluding hydrogens is 248 g/mol. The number of H-pyrrole nitrogens is 1. The predicted octanol–water partition coefficient (Wildman–Crippen LogP) is 3.54. The van der Waals surface area contributed by atoms with E-state index in [0.29, 0.717) is 10.8 Å². The molecule has 0 radical (unpaired) electrons. The molecule has 0 amide bonds. The second-order valence-corrected chi connectivity index (χ2v) is 4.40. The number of nitrogens with two attached hydrogens (primary N) is 1. The molecule has 4 nitrogen and oxygen atoms in total. The minimum absolute atomic E-state index is 0.471. The number of pyridine rings is 1. The zero-order valence-corrected chi connectivity index (χ0v) is 10.2. The van der Waals surface area contributed by atoms with Crippen molar-refractivity contribution in [3.8, 4) is 0 Å². The smallest absolute Gasteiger partial charge is 0.125 e. The molecule has 18 heavy (non-hydrogen) atoms. The highest BCUT2D eigenvalue weighted by molar-refractivity contribution is 6.34. The molecular formula is C13H11ClN4. The largest absolute Gasteiger partial charge is 0.384 e. The van der Waals surface area contributed by atoms with Gasteiger partial charge in [-0.05, 0) is 24.3 Å². The summed E-state index contributed by atoms with van der Waals surface area (Å²) in [4.78, 5) is 7.06. The molecule has 0 aliphatic rings. The molecule has 4 N–H and O–H groups in total. The fourth-order valence-electron chi connectivity index (χ4n) is 1.85. The van der Waals surface area contributed by atoms with Crippen LogP contribution in [0, 0.1) is 0 Å². The quantitative estimate of drug-likeness (QED) is 0.659. The summed E-state index contributed by atoms with van der Waals surface area (Å²) in [7, 11) is 0. The molecule has 1 aromatic carbocycles. The Morgan fingerprint density at radius 2 is 2.11 bits per heavy atom. The summed E-state index contributed by atoms with van der Waals surface area (Å²) in [5.41, 5.74) is 8.35. The normalized spacial score (nSPS) is 10.7. The summed E-state index contributed by atoms with van der Waals surface area (Å²) in [6, 6.07) is 9.48. The Morgan fingerprint density at radius 1 is 1.22 bits per heavy atom. The molecule has 5 heteroatoms. The molecule has 0 saturated carbocycles. The van der Waals surface area contributed by atoms with E-state index in [2.05, 4.69) is 15.3 Å². The van der Waals surface area contributed by atoms with Gasteiger partial charge >= 0.3 is 0 Å². The van der Waals surface area contributed by atoms with Crippen LogP contribution in [-0.4, -0.2) is 9.97 Å². The maximum absolute atomic E-state index is 6.22. The summed E-state index contributed by atoms with van der Waals surface area (Å²) < 4.78 is 0. The maximum atomic E-state index is 6.22. The van der Waals surface area contributed by atoms with Gasteiger partial charge in [0.1, 0.15) is 5.82 Å².